The van der Waals surface area contributed by atoms with E-state index in [1.54, 1.807) is 0 Å². The van der Waals surface area contributed by atoms with Crippen molar-refractivity contribution >= 4 is 17.7 Å². The zero-order valence-electron chi connectivity index (χ0n) is 18.5. The highest BCUT2D eigenvalue weighted by Crippen LogP contribution is 2.05. The van der Waals surface area contributed by atoms with Gasteiger partial charge in [0.25, 0.3) is 0 Å². The smallest absolute Gasteiger partial charge is 0.242 e. The minimum absolute atomic E-state index is 0.150. The average molecular weight is 407 g/mol. The molecule has 0 bridgehead atoms. The fraction of sp³-hybridized carbons (Fsp3) is 0.591. The minimum Gasteiger partial charge on any atom is -0.353 e. The van der Waals surface area contributed by atoms with Crippen LogP contribution in [0, 0.1) is 0 Å². The van der Waals surface area contributed by atoms with Gasteiger partial charge in [-0.25, -0.2) is 0 Å². The van der Waals surface area contributed by atoms with Crippen molar-refractivity contribution in [1.29, 1.82) is 0 Å². The maximum absolute atomic E-state index is 12.3. The lowest BCUT2D eigenvalue weighted by molar-refractivity contribution is -0.129. The standard InChI is InChI=1S/C20H32N4O3.C2H6/c1-20(2,3)24-18(26)12-10-16(19(27)22-14-13-21)23-17(25)11-9-15-7-5-4-6-8-15;1-2/h4-8,16H,9-14,21H2,1-3H3,(H,22,27)(H,23,25)(H,24,26);1-2H3. The summed E-state index contributed by atoms with van der Waals surface area (Å²) in [5.41, 5.74) is 6.13. The van der Waals surface area contributed by atoms with Gasteiger partial charge in [0.2, 0.25) is 17.7 Å². The molecule has 0 aliphatic rings. The molecule has 1 aromatic rings. The van der Waals surface area contributed by atoms with Crippen LogP contribution in [0.5, 0.6) is 0 Å². The quantitative estimate of drug-likeness (QED) is 0.475. The number of hydrogen-bond donors (Lipinski definition) is 4. The van der Waals surface area contributed by atoms with Gasteiger partial charge in [0, 0.05) is 31.5 Å². The molecule has 0 aromatic heterocycles. The Morgan fingerprint density at radius 3 is 2.17 bits per heavy atom. The number of carbonyl (C=O) groups excluding carboxylic acids is 3. The molecule has 29 heavy (non-hydrogen) atoms. The van der Waals surface area contributed by atoms with E-state index in [2.05, 4.69) is 16.0 Å². The second-order valence-electron chi connectivity index (χ2n) is 7.52. The molecular formula is C22H38N4O3. The third-order valence-corrected chi connectivity index (χ3v) is 3.75. The van der Waals surface area contributed by atoms with Crippen LogP contribution >= 0.6 is 0 Å². The monoisotopic (exact) mass is 406 g/mol. The molecule has 164 valence electrons. The van der Waals surface area contributed by atoms with Gasteiger partial charge in [-0.3, -0.25) is 14.4 Å². The van der Waals surface area contributed by atoms with Crippen LogP contribution in [-0.2, 0) is 20.8 Å². The average Bonchev–Trinajstić information content (AvgIpc) is 2.68. The third kappa shape index (κ3) is 13.4. The topological polar surface area (TPSA) is 113 Å². The van der Waals surface area contributed by atoms with Crippen LogP contribution in [0.2, 0.25) is 0 Å². The van der Waals surface area contributed by atoms with E-state index in [0.29, 0.717) is 19.5 Å². The molecule has 7 nitrogen and oxygen atoms in total. The van der Waals surface area contributed by atoms with Gasteiger partial charge in [-0.1, -0.05) is 44.2 Å². The Morgan fingerprint density at radius 2 is 1.62 bits per heavy atom. The number of amides is 3. The second-order valence-corrected chi connectivity index (χ2v) is 7.52. The predicted octanol–water partition coefficient (Wildman–Crippen LogP) is 1.90. The van der Waals surface area contributed by atoms with E-state index in [4.69, 9.17) is 5.73 Å². The van der Waals surface area contributed by atoms with Crippen molar-refractivity contribution in [1.82, 2.24) is 16.0 Å². The molecule has 7 heteroatoms. The van der Waals surface area contributed by atoms with Crippen LogP contribution in [0.4, 0.5) is 0 Å². The Balaban J connectivity index is 0.00000379. The zero-order valence-corrected chi connectivity index (χ0v) is 18.5. The van der Waals surface area contributed by atoms with E-state index < -0.39 is 6.04 Å². The molecule has 5 N–H and O–H groups in total. The minimum atomic E-state index is -0.759. The van der Waals surface area contributed by atoms with Crippen molar-refractivity contribution in [2.45, 2.75) is 71.9 Å². The number of carbonyl (C=O) groups is 3. The molecule has 3 amide bonds. The van der Waals surface area contributed by atoms with Crippen LogP contribution < -0.4 is 21.7 Å². The summed E-state index contributed by atoms with van der Waals surface area (Å²) in [6, 6.07) is 8.91. The Labute approximate surface area is 175 Å². The Morgan fingerprint density at radius 1 is 1.00 bits per heavy atom. The highest BCUT2D eigenvalue weighted by Gasteiger charge is 2.22. The molecule has 0 spiro atoms. The fourth-order valence-electron chi connectivity index (χ4n) is 2.51. The summed E-state index contributed by atoms with van der Waals surface area (Å²) in [5, 5.41) is 8.27. The van der Waals surface area contributed by atoms with Gasteiger partial charge < -0.3 is 21.7 Å². The van der Waals surface area contributed by atoms with Crippen molar-refractivity contribution < 1.29 is 14.4 Å². The number of benzene rings is 1. The van der Waals surface area contributed by atoms with Crippen LogP contribution in [-0.4, -0.2) is 42.4 Å². The summed E-state index contributed by atoms with van der Waals surface area (Å²) in [6.45, 7) is 10.3. The molecule has 0 heterocycles. The molecule has 1 rings (SSSR count). The number of aryl methyl sites for hydroxylation is 1. The number of hydrogen-bond acceptors (Lipinski definition) is 4. The number of nitrogens with one attached hydrogen (secondary N) is 3. The Kier molecular flexibility index (Phi) is 13.4. The largest absolute Gasteiger partial charge is 0.353 e. The Hall–Kier alpha value is -2.41. The van der Waals surface area contributed by atoms with Crippen LogP contribution in [0.25, 0.3) is 0 Å². The van der Waals surface area contributed by atoms with Crippen molar-refractivity contribution in [3.05, 3.63) is 35.9 Å². The summed E-state index contributed by atoms with van der Waals surface area (Å²) in [5.74, 6) is -0.697. The first-order chi connectivity index (χ1) is 13.7. The lowest BCUT2D eigenvalue weighted by Gasteiger charge is -2.22. The summed E-state index contributed by atoms with van der Waals surface area (Å²) >= 11 is 0. The summed E-state index contributed by atoms with van der Waals surface area (Å²) in [6.07, 6.45) is 1.25. The zero-order chi connectivity index (χ0) is 22.3. The Bertz CT molecular complexity index is 612. The molecule has 0 saturated heterocycles. The third-order valence-electron chi connectivity index (χ3n) is 3.75. The lowest BCUT2D eigenvalue weighted by atomic mass is 10.1. The molecule has 0 aliphatic heterocycles. The first-order valence-corrected chi connectivity index (χ1v) is 10.3. The van der Waals surface area contributed by atoms with Crippen LogP contribution in [0.1, 0.15) is 59.4 Å². The van der Waals surface area contributed by atoms with E-state index in [1.165, 1.54) is 0 Å². The highest BCUT2D eigenvalue weighted by molar-refractivity contribution is 5.88. The molecule has 0 aliphatic carbocycles. The van der Waals surface area contributed by atoms with E-state index >= 15 is 0 Å². The highest BCUT2D eigenvalue weighted by atomic mass is 16.2. The molecule has 0 radical (unpaired) electrons. The molecule has 0 saturated carbocycles. The van der Waals surface area contributed by atoms with Crippen molar-refractivity contribution in [2.75, 3.05) is 13.1 Å². The molecular weight excluding hydrogens is 368 g/mol. The van der Waals surface area contributed by atoms with Crippen molar-refractivity contribution in [2.24, 2.45) is 5.73 Å². The van der Waals surface area contributed by atoms with Gasteiger partial charge >= 0.3 is 0 Å². The van der Waals surface area contributed by atoms with Gasteiger partial charge in [0.15, 0.2) is 0 Å². The lowest BCUT2D eigenvalue weighted by Crippen LogP contribution is -2.48. The summed E-state index contributed by atoms with van der Waals surface area (Å²) in [4.78, 5) is 36.6. The molecule has 1 aromatic carbocycles. The maximum atomic E-state index is 12.3. The number of nitrogens with two attached hydrogens (primary N) is 1. The van der Waals surface area contributed by atoms with Gasteiger partial charge in [0.1, 0.15) is 6.04 Å². The van der Waals surface area contributed by atoms with E-state index in [0.717, 1.165) is 5.56 Å². The van der Waals surface area contributed by atoms with Crippen LogP contribution in [0.3, 0.4) is 0 Å². The SMILES string of the molecule is CC.CC(C)(C)NC(=O)CCC(NC(=O)CCc1ccccc1)C(=O)NCCN. The fourth-order valence-corrected chi connectivity index (χ4v) is 2.51. The van der Waals surface area contributed by atoms with Gasteiger partial charge in [-0.2, -0.15) is 0 Å². The van der Waals surface area contributed by atoms with Gasteiger partial charge in [-0.15, -0.1) is 0 Å². The molecule has 0 fully saturated rings. The van der Waals surface area contributed by atoms with Gasteiger partial charge in [-0.05, 0) is 39.2 Å². The maximum Gasteiger partial charge on any atom is 0.242 e. The first kappa shape index (κ1) is 26.6. The molecule has 1 unspecified atom stereocenters. The van der Waals surface area contributed by atoms with Crippen molar-refractivity contribution in [3.63, 3.8) is 0 Å². The molecule has 1 atom stereocenters. The van der Waals surface area contributed by atoms with E-state index in [9.17, 15) is 14.4 Å². The van der Waals surface area contributed by atoms with Gasteiger partial charge in [0.05, 0.1) is 0 Å². The van der Waals surface area contributed by atoms with E-state index in [1.807, 2.05) is 65.0 Å². The predicted molar refractivity (Wildman–Crippen MR) is 117 cm³/mol. The van der Waals surface area contributed by atoms with E-state index in [-0.39, 0.29) is 42.5 Å². The first-order valence-electron chi connectivity index (χ1n) is 10.3. The number of rotatable bonds is 10. The van der Waals surface area contributed by atoms with Crippen molar-refractivity contribution in [3.8, 4) is 0 Å². The summed E-state index contributed by atoms with van der Waals surface area (Å²) in [7, 11) is 0. The summed E-state index contributed by atoms with van der Waals surface area (Å²) < 4.78 is 0. The second kappa shape index (κ2) is 14.6. The normalized spacial score (nSPS) is 11.5. The van der Waals surface area contributed by atoms with Crippen LogP contribution in [0.15, 0.2) is 30.3 Å².